The van der Waals surface area contributed by atoms with Crippen LogP contribution in [0.25, 0.3) is 10.9 Å². The topological polar surface area (TPSA) is 82.3 Å². The lowest BCUT2D eigenvalue weighted by Crippen LogP contribution is -2.42. The van der Waals surface area contributed by atoms with Crippen molar-refractivity contribution in [1.29, 1.82) is 0 Å². The van der Waals surface area contributed by atoms with E-state index in [9.17, 15) is 18.8 Å². The lowest BCUT2D eigenvalue weighted by Gasteiger charge is -2.20. The summed E-state index contributed by atoms with van der Waals surface area (Å²) in [5.74, 6) is -1.22. The van der Waals surface area contributed by atoms with E-state index in [2.05, 4.69) is 10.3 Å². The first kappa shape index (κ1) is 19.3. The summed E-state index contributed by atoms with van der Waals surface area (Å²) >= 11 is 0. The fourth-order valence-corrected chi connectivity index (χ4v) is 2.84. The zero-order chi connectivity index (χ0) is 20.1. The number of aromatic amines is 1. The Hall–Kier alpha value is -3.48. The number of amides is 2. The molecule has 0 bridgehead atoms. The Morgan fingerprint density at radius 1 is 1.11 bits per heavy atom. The van der Waals surface area contributed by atoms with Gasteiger partial charge in [0.25, 0.3) is 11.5 Å². The van der Waals surface area contributed by atoms with Crippen molar-refractivity contribution in [3.63, 3.8) is 0 Å². The number of benzene rings is 2. The van der Waals surface area contributed by atoms with E-state index >= 15 is 0 Å². The number of H-pyrrole nitrogens is 1. The van der Waals surface area contributed by atoms with E-state index in [4.69, 9.17) is 0 Å². The van der Waals surface area contributed by atoms with E-state index in [1.165, 1.54) is 23.1 Å². The molecule has 0 spiro atoms. The molecule has 3 rings (SSSR count). The minimum Gasteiger partial charge on any atom is -0.350 e. The number of aromatic nitrogens is 1. The van der Waals surface area contributed by atoms with Crippen molar-refractivity contribution in [2.24, 2.45) is 0 Å². The highest BCUT2D eigenvalue weighted by atomic mass is 19.1. The van der Waals surface area contributed by atoms with Crippen LogP contribution in [0.3, 0.4) is 0 Å². The number of hydrogen-bond donors (Lipinski definition) is 2. The Kier molecular flexibility index (Phi) is 5.84. The van der Waals surface area contributed by atoms with Crippen LogP contribution in [0.15, 0.2) is 59.4 Å². The maximum Gasteiger partial charge on any atom is 0.261 e. The largest absolute Gasteiger partial charge is 0.350 e. The number of pyridine rings is 1. The minimum atomic E-state index is -0.508. The SMILES string of the molecule is CCN(CC(=O)NCc1ccc(F)cc1)C(=O)c1cc2ccccc2[nH]c1=O. The molecule has 0 radical (unpaired) electrons. The summed E-state index contributed by atoms with van der Waals surface area (Å²) in [6, 6.07) is 14.5. The highest BCUT2D eigenvalue weighted by Crippen LogP contribution is 2.11. The van der Waals surface area contributed by atoms with Gasteiger partial charge in [0.05, 0.1) is 6.54 Å². The highest BCUT2D eigenvalue weighted by Gasteiger charge is 2.20. The van der Waals surface area contributed by atoms with Gasteiger partial charge in [0.15, 0.2) is 0 Å². The van der Waals surface area contributed by atoms with Gasteiger partial charge in [-0.05, 0) is 42.1 Å². The van der Waals surface area contributed by atoms with Gasteiger partial charge >= 0.3 is 0 Å². The van der Waals surface area contributed by atoms with Gasteiger partial charge in [0, 0.05) is 18.6 Å². The molecule has 0 aliphatic rings. The van der Waals surface area contributed by atoms with Crippen LogP contribution in [-0.4, -0.2) is 34.8 Å². The molecule has 3 aromatic rings. The van der Waals surface area contributed by atoms with E-state index in [1.54, 1.807) is 37.3 Å². The van der Waals surface area contributed by atoms with E-state index in [0.717, 1.165) is 10.9 Å². The molecule has 6 nitrogen and oxygen atoms in total. The third-order valence-electron chi connectivity index (χ3n) is 4.39. The molecule has 0 atom stereocenters. The number of nitrogens with one attached hydrogen (secondary N) is 2. The molecule has 28 heavy (non-hydrogen) atoms. The van der Waals surface area contributed by atoms with Crippen LogP contribution < -0.4 is 10.9 Å². The first-order chi connectivity index (χ1) is 13.5. The summed E-state index contributed by atoms with van der Waals surface area (Å²) in [5, 5.41) is 3.43. The van der Waals surface area contributed by atoms with Crippen molar-refractivity contribution in [2.45, 2.75) is 13.5 Å². The molecule has 0 fully saturated rings. The third-order valence-corrected chi connectivity index (χ3v) is 4.39. The Balaban J connectivity index is 1.69. The number of carbonyl (C=O) groups excluding carboxylic acids is 2. The number of para-hydroxylation sites is 1. The summed E-state index contributed by atoms with van der Waals surface area (Å²) in [6.45, 7) is 2.06. The number of fused-ring (bicyclic) bond motifs is 1. The molecule has 0 saturated heterocycles. The molecular formula is C21H20FN3O3. The normalized spacial score (nSPS) is 10.6. The smallest absolute Gasteiger partial charge is 0.261 e. The van der Waals surface area contributed by atoms with Crippen LogP contribution >= 0.6 is 0 Å². The van der Waals surface area contributed by atoms with Gasteiger partial charge in [-0.15, -0.1) is 0 Å². The number of carbonyl (C=O) groups is 2. The number of halogens is 1. The van der Waals surface area contributed by atoms with Gasteiger partial charge in [-0.25, -0.2) is 4.39 Å². The standard InChI is InChI=1S/C21H20FN3O3/c1-2-25(13-19(26)23-12-14-7-9-16(22)10-8-14)21(28)17-11-15-5-3-4-6-18(15)24-20(17)27/h3-11H,2,12-13H2,1H3,(H,23,26)(H,24,27). The minimum absolute atomic E-state index is 0.00751. The van der Waals surface area contributed by atoms with Crippen molar-refractivity contribution < 1.29 is 14.0 Å². The van der Waals surface area contributed by atoms with Crippen LogP contribution in [0, 0.1) is 5.82 Å². The Morgan fingerprint density at radius 2 is 1.82 bits per heavy atom. The van der Waals surface area contributed by atoms with Crippen LogP contribution in [-0.2, 0) is 11.3 Å². The zero-order valence-electron chi connectivity index (χ0n) is 15.4. The molecule has 1 aromatic heterocycles. The van der Waals surface area contributed by atoms with Gasteiger partial charge in [-0.1, -0.05) is 30.3 Å². The number of hydrogen-bond acceptors (Lipinski definition) is 3. The Labute approximate surface area is 161 Å². The fourth-order valence-electron chi connectivity index (χ4n) is 2.84. The maximum atomic E-state index is 12.9. The van der Waals surface area contributed by atoms with Crippen LogP contribution in [0.2, 0.25) is 0 Å². The van der Waals surface area contributed by atoms with Crippen molar-refractivity contribution in [1.82, 2.24) is 15.2 Å². The monoisotopic (exact) mass is 381 g/mol. The molecule has 0 aliphatic carbocycles. The number of likely N-dealkylation sites (N-methyl/N-ethyl adjacent to an activating group) is 1. The molecule has 2 aromatic carbocycles. The summed E-state index contributed by atoms with van der Waals surface area (Å²) < 4.78 is 12.9. The van der Waals surface area contributed by atoms with Crippen molar-refractivity contribution in [3.8, 4) is 0 Å². The summed E-state index contributed by atoms with van der Waals surface area (Å²) in [7, 11) is 0. The first-order valence-electron chi connectivity index (χ1n) is 8.90. The number of rotatable bonds is 6. The summed E-state index contributed by atoms with van der Waals surface area (Å²) in [4.78, 5) is 41.3. The van der Waals surface area contributed by atoms with Crippen LogP contribution in [0.5, 0.6) is 0 Å². The first-order valence-corrected chi connectivity index (χ1v) is 8.90. The van der Waals surface area contributed by atoms with Gasteiger partial charge in [0.1, 0.15) is 11.4 Å². The molecule has 2 amide bonds. The van der Waals surface area contributed by atoms with E-state index in [0.29, 0.717) is 5.52 Å². The predicted octanol–water partition coefficient (Wildman–Crippen LogP) is 2.45. The van der Waals surface area contributed by atoms with Gasteiger partial charge < -0.3 is 15.2 Å². The average molecular weight is 381 g/mol. The second-order valence-electron chi connectivity index (χ2n) is 6.32. The highest BCUT2D eigenvalue weighted by molar-refractivity contribution is 5.98. The van der Waals surface area contributed by atoms with Crippen molar-refractivity contribution in [2.75, 3.05) is 13.1 Å². The fraction of sp³-hybridized carbons (Fsp3) is 0.190. The van der Waals surface area contributed by atoms with Gasteiger partial charge in [0.2, 0.25) is 5.91 Å². The van der Waals surface area contributed by atoms with Gasteiger partial charge in [-0.3, -0.25) is 14.4 Å². The molecule has 0 aliphatic heterocycles. The van der Waals surface area contributed by atoms with Crippen molar-refractivity contribution >= 4 is 22.7 Å². The quantitative estimate of drug-likeness (QED) is 0.688. The predicted molar refractivity (Wildman–Crippen MR) is 104 cm³/mol. The lowest BCUT2D eigenvalue weighted by molar-refractivity contribution is -0.121. The van der Waals surface area contributed by atoms with Crippen molar-refractivity contribution in [3.05, 3.63) is 81.9 Å². The van der Waals surface area contributed by atoms with E-state index < -0.39 is 11.5 Å². The number of nitrogens with zero attached hydrogens (tertiary/aromatic N) is 1. The molecule has 2 N–H and O–H groups in total. The summed E-state index contributed by atoms with van der Waals surface area (Å²) in [5.41, 5.74) is 0.889. The molecule has 0 unspecified atom stereocenters. The summed E-state index contributed by atoms with van der Waals surface area (Å²) in [6.07, 6.45) is 0. The van der Waals surface area contributed by atoms with Gasteiger partial charge in [-0.2, -0.15) is 0 Å². The maximum absolute atomic E-state index is 12.9. The third kappa shape index (κ3) is 4.43. The van der Waals surface area contributed by atoms with Crippen LogP contribution in [0.1, 0.15) is 22.8 Å². The van der Waals surface area contributed by atoms with Crippen LogP contribution in [0.4, 0.5) is 4.39 Å². The second-order valence-corrected chi connectivity index (χ2v) is 6.32. The lowest BCUT2D eigenvalue weighted by atomic mass is 10.1. The molecule has 144 valence electrons. The van der Waals surface area contributed by atoms with E-state index in [-0.39, 0.29) is 36.9 Å². The molecule has 1 heterocycles. The van der Waals surface area contributed by atoms with E-state index in [1.807, 2.05) is 6.07 Å². The Morgan fingerprint density at radius 3 is 2.54 bits per heavy atom. The molecule has 7 heteroatoms. The molecule has 0 saturated carbocycles. The molecular weight excluding hydrogens is 361 g/mol. The Bertz CT molecular complexity index is 1060. The zero-order valence-corrected chi connectivity index (χ0v) is 15.4. The average Bonchev–Trinajstić information content (AvgIpc) is 2.70. The second kappa shape index (κ2) is 8.47.